The first kappa shape index (κ1) is 23.0. The van der Waals surface area contributed by atoms with E-state index >= 15 is 0 Å². The number of rotatable bonds is 11. The van der Waals surface area contributed by atoms with Crippen LogP contribution in [0.25, 0.3) is 0 Å². The molecule has 0 heterocycles. The van der Waals surface area contributed by atoms with Crippen LogP contribution in [0.1, 0.15) is 127 Å². The normalized spacial score (nSPS) is 14.3. The lowest BCUT2D eigenvalue weighted by Crippen LogP contribution is -2.34. The lowest BCUT2D eigenvalue weighted by atomic mass is 9.61. The smallest absolute Gasteiger partial charge is 0.0280 e. The topological polar surface area (TPSA) is 0 Å². The van der Waals surface area contributed by atoms with Gasteiger partial charge >= 0.3 is 0 Å². The Bertz CT molecular complexity index is 309. The summed E-state index contributed by atoms with van der Waals surface area (Å²) in [6, 6.07) is 0. The highest BCUT2D eigenvalue weighted by Gasteiger charge is 2.37. The predicted molar refractivity (Wildman–Crippen MR) is 108 cm³/mol. The van der Waals surface area contributed by atoms with Crippen LogP contribution in [0.15, 0.2) is 0 Å². The Morgan fingerprint density at radius 1 is 0.478 bits per heavy atom. The molecule has 0 aliphatic carbocycles. The quantitative estimate of drug-likeness (QED) is 0.333. The van der Waals surface area contributed by atoms with Crippen LogP contribution in [0.5, 0.6) is 0 Å². The van der Waals surface area contributed by atoms with Crippen LogP contribution in [0.3, 0.4) is 0 Å². The maximum absolute atomic E-state index is 2.49. The summed E-state index contributed by atoms with van der Waals surface area (Å²) in [6.45, 7) is 24.2. The molecule has 0 aromatic carbocycles. The van der Waals surface area contributed by atoms with Crippen molar-refractivity contribution in [2.45, 2.75) is 127 Å². The van der Waals surface area contributed by atoms with Gasteiger partial charge in [-0.15, -0.1) is 0 Å². The molecule has 140 valence electrons. The molecule has 0 spiro atoms. The first-order valence-corrected chi connectivity index (χ1v) is 10.3. The third-order valence-corrected chi connectivity index (χ3v) is 7.83. The zero-order chi connectivity index (χ0) is 18.4. The highest BCUT2D eigenvalue weighted by Crippen LogP contribution is 2.47. The van der Waals surface area contributed by atoms with Crippen molar-refractivity contribution in [2.24, 2.45) is 21.7 Å². The van der Waals surface area contributed by atoms with E-state index in [0.717, 1.165) is 0 Å². The molecule has 0 N–H and O–H groups in total. The Kier molecular flexibility index (Phi) is 8.91. The SMILES string of the molecule is CCC(C)(CC)C(C)(C)CCCCCCCC(C)(C)C(C)(C)C. The van der Waals surface area contributed by atoms with Gasteiger partial charge < -0.3 is 0 Å². The highest BCUT2D eigenvalue weighted by molar-refractivity contribution is 4.87. The van der Waals surface area contributed by atoms with Crippen molar-refractivity contribution in [3.63, 3.8) is 0 Å². The summed E-state index contributed by atoms with van der Waals surface area (Å²) in [5.74, 6) is 0. The molecular formula is C23H48. The Labute approximate surface area is 149 Å². The van der Waals surface area contributed by atoms with Crippen molar-refractivity contribution in [2.75, 3.05) is 0 Å². The van der Waals surface area contributed by atoms with Crippen LogP contribution < -0.4 is 0 Å². The number of hydrogen-bond acceptors (Lipinski definition) is 0. The van der Waals surface area contributed by atoms with Crippen molar-refractivity contribution in [1.29, 1.82) is 0 Å². The molecule has 0 radical (unpaired) electrons. The second kappa shape index (κ2) is 8.91. The molecule has 0 amide bonds. The minimum Gasteiger partial charge on any atom is -0.0648 e. The fourth-order valence-electron chi connectivity index (χ4n) is 3.55. The summed E-state index contributed by atoms with van der Waals surface area (Å²) in [7, 11) is 0. The third kappa shape index (κ3) is 6.79. The van der Waals surface area contributed by atoms with Gasteiger partial charge in [0.25, 0.3) is 0 Å². The van der Waals surface area contributed by atoms with E-state index in [-0.39, 0.29) is 0 Å². The van der Waals surface area contributed by atoms with Gasteiger partial charge in [-0.1, -0.05) is 114 Å². The van der Waals surface area contributed by atoms with E-state index in [9.17, 15) is 0 Å². The van der Waals surface area contributed by atoms with Gasteiger partial charge in [0.15, 0.2) is 0 Å². The summed E-state index contributed by atoms with van der Waals surface area (Å²) in [4.78, 5) is 0. The molecule has 0 aliphatic rings. The van der Waals surface area contributed by atoms with Gasteiger partial charge in [0, 0.05) is 0 Å². The molecule has 0 aromatic rings. The van der Waals surface area contributed by atoms with Crippen LogP contribution in [0.2, 0.25) is 0 Å². The van der Waals surface area contributed by atoms with Crippen LogP contribution in [-0.4, -0.2) is 0 Å². The Balaban J connectivity index is 3.99. The zero-order valence-corrected chi connectivity index (χ0v) is 18.4. The highest BCUT2D eigenvalue weighted by atomic mass is 14.4. The van der Waals surface area contributed by atoms with E-state index in [0.29, 0.717) is 21.7 Å². The predicted octanol–water partition coefficient (Wildman–Crippen LogP) is 8.64. The average Bonchev–Trinajstić information content (AvgIpc) is 2.43. The van der Waals surface area contributed by atoms with Gasteiger partial charge in [-0.05, 0) is 34.5 Å². The molecule has 0 heteroatoms. The van der Waals surface area contributed by atoms with E-state index in [1.54, 1.807) is 0 Å². The summed E-state index contributed by atoms with van der Waals surface area (Å²) in [5, 5.41) is 0. The van der Waals surface area contributed by atoms with Crippen molar-refractivity contribution in [3.8, 4) is 0 Å². The number of hydrogen-bond donors (Lipinski definition) is 0. The fraction of sp³-hybridized carbons (Fsp3) is 1.00. The van der Waals surface area contributed by atoms with Crippen LogP contribution in [0.4, 0.5) is 0 Å². The summed E-state index contributed by atoms with van der Waals surface area (Å²) in [5.41, 5.74) is 1.86. The first-order chi connectivity index (χ1) is 10.3. The second-order valence-corrected chi connectivity index (χ2v) is 10.6. The second-order valence-electron chi connectivity index (χ2n) is 10.6. The standard InChI is InChI=1S/C23H48/c1-11-23(10,12-2)22(8,9)19-17-15-13-14-16-18-21(6,7)20(3,4)5/h11-19H2,1-10H3. The van der Waals surface area contributed by atoms with Crippen molar-refractivity contribution >= 4 is 0 Å². The van der Waals surface area contributed by atoms with E-state index < -0.39 is 0 Å². The molecule has 0 aliphatic heterocycles. The Hall–Kier alpha value is 0. The van der Waals surface area contributed by atoms with E-state index in [4.69, 9.17) is 0 Å². The minimum absolute atomic E-state index is 0.418. The third-order valence-electron chi connectivity index (χ3n) is 7.83. The molecule has 0 saturated carbocycles. The molecule has 0 fully saturated rings. The van der Waals surface area contributed by atoms with Gasteiger partial charge in [0.1, 0.15) is 0 Å². The monoisotopic (exact) mass is 324 g/mol. The molecule has 0 bridgehead atoms. The molecule has 0 rings (SSSR count). The van der Waals surface area contributed by atoms with E-state index in [1.807, 2.05) is 0 Å². The maximum Gasteiger partial charge on any atom is -0.0280 e. The van der Waals surface area contributed by atoms with E-state index in [1.165, 1.54) is 57.8 Å². The maximum atomic E-state index is 2.49. The Morgan fingerprint density at radius 3 is 1.17 bits per heavy atom. The minimum atomic E-state index is 0.418. The fourth-order valence-corrected chi connectivity index (χ4v) is 3.55. The summed E-state index contributed by atoms with van der Waals surface area (Å²) < 4.78 is 0. The lowest BCUT2D eigenvalue weighted by Gasteiger charge is -2.44. The summed E-state index contributed by atoms with van der Waals surface area (Å²) >= 11 is 0. The first-order valence-electron chi connectivity index (χ1n) is 10.3. The average molecular weight is 325 g/mol. The van der Waals surface area contributed by atoms with Gasteiger partial charge in [-0.3, -0.25) is 0 Å². The van der Waals surface area contributed by atoms with Gasteiger partial charge in [-0.25, -0.2) is 0 Å². The Morgan fingerprint density at radius 2 is 0.826 bits per heavy atom. The lowest BCUT2D eigenvalue weighted by molar-refractivity contribution is 0.0653. The molecule has 0 unspecified atom stereocenters. The van der Waals surface area contributed by atoms with Gasteiger partial charge in [0.2, 0.25) is 0 Å². The van der Waals surface area contributed by atoms with Gasteiger partial charge in [-0.2, -0.15) is 0 Å². The summed E-state index contributed by atoms with van der Waals surface area (Å²) in [6.07, 6.45) is 12.4. The molecule has 0 nitrogen and oxygen atoms in total. The van der Waals surface area contributed by atoms with Crippen LogP contribution in [-0.2, 0) is 0 Å². The molecule has 0 saturated heterocycles. The van der Waals surface area contributed by atoms with Crippen LogP contribution in [0, 0.1) is 21.7 Å². The molecule has 0 aromatic heterocycles. The molecule has 23 heavy (non-hydrogen) atoms. The zero-order valence-electron chi connectivity index (χ0n) is 18.4. The van der Waals surface area contributed by atoms with Crippen molar-refractivity contribution in [3.05, 3.63) is 0 Å². The molecular weight excluding hydrogens is 276 g/mol. The van der Waals surface area contributed by atoms with E-state index in [2.05, 4.69) is 69.2 Å². The molecule has 0 atom stereocenters. The number of unbranched alkanes of at least 4 members (excludes halogenated alkanes) is 4. The van der Waals surface area contributed by atoms with Crippen molar-refractivity contribution < 1.29 is 0 Å². The van der Waals surface area contributed by atoms with Crippen LogP contribution >= 0.6 is 0 Å². The van der Waals surface area contributed by atoms with Gasteiger partial charge in [0.05, 0.1) is 0 Å². The largest absolute Gasteiger partial charge is 0.0648 e. The van der Waals surface area contributed by atoms with Crippen molar-refractivity contribution in [1.82, 2.24) is 0 Å².